The van der Waals surface area contributed by atoms with Gasteiger partial charge in [-0.25, -0.2) is 0 Å². The van der Waals surface area contributed by atoms with Crippen LogP contribution in [-0.2, 0) is 29.4 Å². The molecular formula is H2CaCl4FeTi. The fourth-order valence-corrected chi connectivity index (χ4v) is 0. The van der Waals surface area contributed by atoms with Crippen LogP contribution in [0.3, 0.4) is 0 Å². The quantitative estimate of drug-likeness (QED) is 0.601. The summed E-state index contributed by atoms with van der Waals surface area (Å²) >= 11 is -3.11. The monoisotopic (exact) mass is 286 g/mol. The van der Waals surface area contributed by atoms with Crippen LogP contribution in [0.2, 0.25) is 0 Å². The normalized spacial score (nSPS) is 8.57. The molecule has 0 bridgehead atoms. The van der Waals surface area contributed by atoms with Crippen LogP contribution in [0.5, 0.6) is 0 Å². The molecular weight excluding hydrogens is 286 g/mol. The van der Waals surface area contributed by atoms with Gasteiger partial charge >= 0.3 is 87.3 Å². The molecule has 0 unspecified atom stereocenters. The molecule has 7 heteroatoms. The summed E-state index contributed by atoms with van der Waals surface area (Å²) in [6.07, 6.45) is 0. The third-order valence-corrected chi connectivity index (χ3v) is 0. The molecule has 0 heterocycles. The van der Waals surface area contributed by atoms with Crippen molar-refractivity contribution >= 4 is 75.0 Å². The molecule has 0 amide bonds. The zero-order chi connectivity index (χ0) is 4.50. The van der Waals surface area contributed by atoms with E-state index in [0.717, 1.165) is 0 Å². The summed E-state index contributed by atoms with van der Waals surface area (Å²) in [5, 5.41) is 0. The van der Waals surface area contributed by atoms with Gasteiger partial charge in [0.05, 0.1) is 0 Å². The maximum absolute atomic E-state index is 5.01. The van der Waals surface area contributed by atoms with Gasteiger partial charge < -0.3 is 2.85 Å². The van der Waals surface area contributed by atoms with Crippen molar-refractivity contribution in [2.24, 2.45) is 0 Å². The van der Waals surface area contributed by atoms with Crippen molar-refractivity contribution in [3.05, 3.63) is 0 Å². The first kappa shape index (κ1) is 16.9. The molecule has 44 valence electrons. The molecule has 0 atom stereocenters. The maximum atomic E-state index is 5.01. The molecule has 0 aromatic rings. The van der Waals surface area contributed by atoms with E-state index in [1.807, 2.05) is 0 Å². The van der Waals surface area contributed by atoms with Crippen LogP contribution in [0.25, 0.3) is 0 Å². The predicted molar refractivity (Wildman–Crippen MR) is 31.4 cm³/mol. The van der Waals surface area contributed by atoms with Crippen LogP contribution in [0, 0.1) is 0 Å². The number of rotatable bonds is 0. The molecule has 0 aliphatic carbocycles. The van der Waals surface area contributed by atoms with E-state index in [2.05, 4.69) is 0 Å². The Labute approximate surface area is 105 Å². The standard InChI is InChI=1S/Ca.4ClH.Fe.Ti.2H/h;4*1H;;;;/q+2;;;;;;+4;2*-1/p-4. The Bertz CT molecular complexity index is 34.0. The second kappa shape index (κ2) is 7.76. The number of hydrogen-bond acceptors (Lipinski definition) is 0. The van der Waals surface area contributed by atoms with Crippen LogP contribution in [0.1, 0.15) is 2.85 Å². The third-order valence-electron chi connectivity index (χ3n) is 0. The van der Waals surface area contributed by atoms with Gasteiger partial charge in [-0.05, 0) is 0 Å². The zero-order valence-corrected chi connectivity index (χ0v) is 11.0. The average Bonchev–Trinajstić information content (AvgIpc) is 0.722. The first-order valence-electron chi connectivity index (χ1n) is 0.756. The Morgan fingerprint density at radius 3 is 1.00 bits per heavy atom. The van der Waals surface area contributed by atoms with Crippen molar-refractivity contribution < 1.29 is 32.3 Å². The molecule has 0 rings (SSSR count). The third kappa shape index (κ3) is 42.4. The number of hydrogen-bond donors (Lipinski definition) is 0. The number of halogens is 4. The Morgan fingerprint density at radius 1 is 1.00 bits per heavy atom. The molecule has 0 N–H and O–H groups in total. The van der Waals surface area contributed by atoms with Gasteiger partial charge in [0.2, 0.25) is 0 Å². The molecule has 0 aliphatic heterocycles. The second-order valence-electron chi connectivity index (χ2n) is 0.429. The molecule has 7 heavy (non-hydrogen) atoms. The summed E-state index contributed by atoms with van der Waals surface area (Å²) < 4.78 is 0. The Balaban J connectivity index is -0.0000000133. The van der Waals surface area contributed by atoms with Crippen molar-refractivity contribution in [3.63, 3.8) is 0 Å². The van der Waals surface area contributed by atoms with Gasteiger partial charge in [-0.15, -0.1) is 0 Å². The fraction of sp³-hybridized carbons (Fsp3) is 0. The smallest absolute Gasteiger partial charge is 0 e. The second-order valence-corrected chi connectivity index (χ2v) is 15.9. The minimum absolute atomic E-state index is 0. The van der Waals surface area contributed by atoms with Crippen molar-refractivity contribution in [2.75, 3.05) is 0 Å². The molecule has 0 aliphatic rings. The van der Waals surface area contributed by atoms with E-state index >= 15 is 0 Å². The van der Waals surface area contributed by atoms with Gasteiger partial charge in [0, 0.05) is 17.1 Å². The molecule has 0 saturated carbocycles. The first-order chi connectivity index (χ1) is 2.00. The summed E-state index contributed by atoms with van der Waals surface area (Å²) in [5.74, 6) is 0. The molecule has 0 aromatic heterocycles. The van der Waals surface area contributed by atoms with E-state index in [1.165, 1.54) is 0 Å². The van der Waals surface area contributed by atoms with E-state index in [-0.39, 0.29) is 57.7 Å². The molecule has 0 radical (unpaired) electrons. The van der Waals surface area contributed by atoms with Crippen LogP contribution in [-0.4, -0.2) is 37.7 Å². The Morgan fingerprint density at radius 2 is 1.00 bits per heavy atom. The summed E-state index contributed by atoms with van der Waals surface area (Å²) in [4.78, 5) is 0. The van der Waals surface area contributed by atoms with Crippen molar-refractivity contribution in [1.29, 1.82) is 0 Å². The van der Waals surface area contributed by atoms with Gasteiger partial charge in [-0.2, -0.15) is 0 Å². The summed E-state index contributed by atoms with van der Waals surface area (Å²) in [5.41, 5.74) is 0. The minimum atomic E-state index is -3.11. The van der Waals surface area contributed by atoms with Gasteiger partial charge in [0.25, 0.3) is 0 Å². The Hall–Kier alpha value is 3.65. The molecule has 0 fully saturated rings. The van der Waals surface area contributed by atoms with Crippen molar-refractivity contribution in [1.82, 2.24) is 0 Å². The maximum Gasteiger partial charge on any atom is 0 e. The van der Waals surface area contributed by atoms with Gasteiger partial charge in [-0.1, -0.05) is 0 Å². The van der Waals surface area contributed by atoms with Crippen molar-refractivity contribution in [2.45, 2.75) is 0 Å². The fourth-order valence-electron chi connectivity index (χ4n) is 0. The largest absolute Gasteiger partial charge is 1.00 e. The van der Waals surface area contributed by atoms with E-state index in [0.29, 0.717) is 0 Å². The van der Waals surface area contributed by atoms with Crippen LogP contribution in [0.15, 0.2) is 0 Å². The topological polar surface area (TPSA) is 0 Å². The van der Waals surface area contributed by atoms with Gasteiger partial charge in [-0.3, -0.25) is 0 Å². The van der Waals surface area contributed by atoms with Crippen LogP contribution >= 0.6 is 37.2 Å². The van der Waals surface area contributed by atoms with Crippen LogP contribution in [0.4, 0.5) is 0 Å². The molecule has 0 aromatic carbocycles. The van der Waals surface area contributed by atoms with E-state index in [4.69, 9.17) is 37.2 Å². The van der Waals surface area contributed by atoms with E-state index in [9.17, 15) is 0 Å². The van der Waals surface area contributed by atoms with Gasteiger partial charge in [0.1, 0.15) is 0 Å². The Kier molecular flexibility index (Phi) is 18.8. The molecule has 0 saturated heterocycles. The SMILES string of the molecule is [Ca+2].[Cl][Ti]([Cl])([Cl])[Cl].[Fe].[H-].[H-]. The molecule has 0 spiro atoms. The minimum Gasteiger partial charge on any atom is -1.00 e. The van der Waals surface area contributed by atoms with E-state index < -0.39 is 12.3 Å². The molecule has 0 nitrogen and oxygen atoms in total. The zero-order valence-electron chi connectivity index (χ0n) is 5.07. The summed E-state index contributed by atoms with van der Waals surface area (Å²) in [6, 6.07) is 0. The predicted octanol–water partition coefficient (Wildman–Crippen LogP) is 2.60. The van der Waals surface area contributed by atoms with E-state index in [1.54, 1.807) is 0 Å². The summed E-state index contributed by atoms with van der Waals surface area (Å²) in [7, 11) is 20.1. The first-order valence-corrected chi connectivity index (χ1v) is 9.35. The summed E-state index contributed by atoms with van der Waals surface area (Å²) in [6.45, 7) is 0. The van der Waals surface area contributed by atoms with Gasteiger partial charge in [0.15, 0.2) is 0 Å². The van der Waals surface area contributed by atoms with Crippen molar-refractivity contribution in [3.8, 4) is 0 Å². The average molecular weight is 288 g/mol. The van der Waals surface area contributed by atoms with Crippen LogP contribution < -0.4 is 0 Å².